The maximum Gasteiger partial charge on any atom is 0.0558 e. The summed E-state index contributed by atoms with van der Waals surface area (Å²) in [5.74, 6) is 0. The van der Waals surface area contributed by atoms with Crippen LogP contribution >= 0.6 is 0 Å². The van der Waals surface area contributed by atoms with E-state index in [0.717, 1.165) is 26.1 Å². The maximum absolute atomic E-state index is 9.56. The summed E-state index contributed by atoms with van der Waals surface area (Å²) in [6.45, 7) is 3.12. The van der Waals surface area contributed by atoms with Gasteiger partial charge in [-0.05, 0) is 36.9 Å². The first-order valence-electron chi connectivity index (χ1n) is 8.55. The molecule has 2 N–H and O–H groups in total. The molecule has 1 heterocycles. The Morgan fingerprint density at radius 3 is 2.71 bits per heavy atom. The lowest BCUT2D eigenvalue weighted by Gasteiger charge is -2.40. The van der Waals surface area contributed by atoms with Gasteiger partial charge in [-0.1, -0.05) is 43.5 Å². The summed E-state index contributed by atoms with van der Waals surface area (Å²) in [6.07, 6.45) is 7.82. The van der Waals surface area contributed by atoms with E-state index < -0.39 is 0 Å². The third kappa shape index (κ3) is 3.47. The molecule has 3 rings (SSSR count). The Hall–Kier alpha value is -0.900. The second kappa shape index (κ2) is 7.39. The van der Waals surface area contributed by atoms with Gasteiger partial charge in [0, 0.05) is 25.2 Å². The van der Waals surface area contributed by atoms with E-state index in [9.17, 15) is 5.11 Å². The molecule has 3 heteroatoms. The molecule has 1 aromatic rings. The highest BCUT2D eigenvalue weighted by molar-refractivity contribution is 5.31. The summed E-state index contributed by atoms with van der Waals surface area (Å²) in [4.78, 5) is 2.60. The molecule has 1 unspecified atom stereocenters. The summed E-state index contributed by atoms with van der Waals surface area (Å²) in [5, 5.41) is 13.1. The molecule has 0 saturated heterocycles. The third-order valence-corrected chi connectivity index (χ3v) is 5.13. The predicted molar refractivity (Wildman–Crippen MR) is 86.2 cm³/mol. The van der Waals surface area contributed by atoms with Crippen molar-refractivity contribution in [1.82, 2.24) is 10.2 Å². The largest absolute Gasteiger partial charge is 0.395 e. The second-order valence-corrected chi connectivity index (χ2v) is 6.43. The minimum absolute atomic E-state index is 0.266. The van der Waals surface area contributed by atoms with Crippen LogP contribution in [0.25, 0.3) is 0 Å². The maximum atomic E-state index is 9.56. The van der Waals surface area contributed by atoms with Crippen molar-refractivity contribution in [2.24, 2.45) is 0 Å². The van der Waals surface area contributed by atoms with Crippen LogP contribution in [0.5, 0.6) is 0 Å². The zero-order valence-electron chi connectivity index (χ0n) is 12.9. The molecule has 3 nitrogen and oxygen atoms in total. The number of hydrogen-bond donors (Lipinski definition) is 2. The highest BCUT2D eigenvalue weighted by Gasteiger charge is 2.30. The van der Waals surface area contributed by atoms with Gasteiger partial charge in [-0.15, -0.1) is 0 Å². The average molecular weight is 288 g/mol. The SMILES string of the molecule is OCCN(C1CCCCC1)C1CCNCc2ccccc21. The molecule has 0 spiro atoms. The smallest absolute Gasteiger partial charge is 0.0558 e. The van der Waals surface area contributed by atoms with Gasteiger partial charge in [0.1, 0.15) is 0 Å². The van der Waals surface area contributed by atoms with E-state index in [1.54, 1.807) is 0 Å². The first kappa shape index (κ1) is 15.0. The molecule has 116 valence electrons. The van der Waals surface area contributed by atoms with Crippen molar-refractivity contribution in [3.8, 4) is 0 Å². The van der Waals surface area contributed by atoms with Gasteiger partial charge >= 0.3 is 0 Å². The summed E-state index contributed by atoms with van der Waals surface area (Å²) in [6, 6.07) is 9.96. The fourth-order valence-electron chi connectivity index (χ4n) is 4.10. The number of rotatable bonds is 4. The number of benzene rings is 1. The van der Waals surface area contributed by atoms with Crippen LogP contribution < -0.4 is 5.32 Å². The lowest BCUT2D eigenvalue weighted by atomic mass is 9.90. The van der Waals surface area contributed by atoms with E-state index in [1.165, 1.54) is 43.2 Å². The van der Waals surface area contributed by atoms with Crippen molar-refractivity contribution in [2.45, 2.75) is 57.2 Å². The zero-order chi connectivity index (χ0) is 14.5. The highest BCUT2D eigenvalue weighted by atomic mass is 16.3. The minimum atomic E-state index is 0.266. The van der Waals surface area contributed by atoms with Gasteiger partial charge in [-0.2, -0.15) is 0 Å². The fraction of sp³-hybridized carbons (Fsp3) is 0.667. The van der Waals surface area contributed by atoms with Crippen molar-refractivity contribution < 1.29 is 5.11 Å². The quantitative estimate of drug-likeness (QED) is 0.894. The van der Waals surface area contributed by atoms with Gasteiger partial charge in [-0.3, -0.25) is 4.90 Å². The number of aliphatic hydroxyl groups excluding tert-OH is 1. The summed E-state index contributed by atoms with van der Waals surface area (Å²) < 4.78 is 0. The van der Waals surface area contributed by atoms with Crippen LogP contribution in [-0.4, -0.2) is 35.7 Å². The van der Waals surface area contributed by atoms with Crippen molar-refractivity contribution in [2.75, 3.05) is 19.7 Å². The second-order valence-electron chi connectivity index (χ2n) is 6.43. The lowest BCUT2D eigenvalue weighted by Crippen LogP contribution is -2.42. The van der Waals surface area contributed by atoms with Crippen LogP contribution in [0, 0.1) is 0 Å². The van der Waals surface area contributed by atoms with Gasteiger partial charge in [0.25, 0.3) is 0 Å². The van der Waals surface area contributed by atoms with E-state index in [0.29, 0.717) is 12.1 Å². The number of nitrogens with one attached hydrogen (secondary N) is 1. The molecule has 1 aromatic carbocycles. The Morgan fingerprint density at radius 1 is 1.10 bits per heavy atom. The summed E-state index contributed by atoms with van der Waals surface area (Å²) in [7, 11) is 0. The van der Waals surface area contributed by atoms with Crippen LogP contribution in [0.3, 0.4) is 0 Å². The van der Waals surface area contributed by atoms with Crippen molar-refractivity contribution in [3.05, 3.63) is 35.4 Å². The van der Waals surface area contributed by atoms with E-state index >= 15 is 0 Å². The van der Waals surface area contributed by atoms with E-state index in [-0.39, 0.29) is 6.61 Å². The molecule has 0 aromatic heterocycles. The monoisotopic (exact) mass is 288 g/mol. The Labute approximate surface area is 128 Å². The molecule has 2 aliphatic rings. The number of nitrogens with zero attached hydrogens (tertiary/aromatic N) is 1. The topological polar surface area (TPSA) is 35.5 Å². The van der Waals surface area contributed by atoms with Gasteiger partial charge in [0.05, 0.1) is 6.61 Å². The van der Waals surface area contributed by atoms with Gasteiger partial charge in [-0.25, -0.2) is 0 Å². The molecule has 0 amide bonds. The normalized spacial score (nSPS) is 23.8. The average Bonchev–Trinajstić information content (AvgIpc) is 2.76. The molecule has 1 aliphatic heterocycles. The van der Waals surface area contributed by atoms with Gasteiger partial charge < -0.3 is 10.4 Å². The Balaban J connectivity index is 1.87. The van der Waals surface area contributed by atoms with Gasteiger partial charge in [0.2, 0.25) is 0 Å². The van der Waals surface area contributed by atoms with E-state index in [1.807, 2.05) is 0 Å². The van der Waals surface area contributed by atoms with Crippen molar-refractivity contribution in [1.29, 1.82) is 0 Å². The van der Waals surface area contributed by atoms with Crippen LogP contribution in [-0.2, 0) is 6.54 Å². The Kier molecular flexibility index (Phi) is 5.28. The molecule has 1 saturated carbocycles. The molecule has 1 aliphatic carbocycles. The fourth-order valence-corrected chi connectivity index (χ4v) is 4.10. The lowest BCUT2D eigenvalue weighted by molar-refractivity contribution is 0.0764. The van der Waals surface area contributed by atoms with Crippen molar-refractivity contribution in [3.63, 3.8) is 0 Å². The molecule has 1 fully saturated rings. The van der Waals surface area contributed by atoms with E-state index in [4.69, 9.17) is 0 Å². The Bertz CT molecular complexity index is 443. The van der Waals surface area contributed by atoms with Crippen LogP contribution in [0.2, 0.25) is 0 Å². The first-order valence-corrected chi connectivity index (χ1v) is 8.55. The number of fused-ring (bicyclic) bond motifs is 1. The molecular formula is C18H28N2O. The predicted octanol–water partition coefficient (Wildman–Crippen LogP) is 2.85. The van der Waals surface area contributed by atoms with Crippen LogP contribution in [0.4, 0.5) is 0 Å². The van der Waals surface area contributed by atoms with Crippen LogP contribution in [0.1, 0.15) is 55.7 Å². The molecule has 0 bridgehead atoms. The van der Waals surface area contributed by atoms with E-state index in [2.05, 4.69) is 34.5 Å². The summed E-state index contributed by atoms with van der Waals surface area (Å²) >= 11 is 0. The Morgan fingerprint density at radius 2 is 1.90 bits per heavy atom. The first-order chi connectivity index (χ1) is 10.4. The summed E-state index contributed by atoms with van der Waals surface area (Å²) in [5.41, 5.74) is 2.90. The molecule has 1 atom stereocenters. The molecule has 21 heavy (non-hydrogen) atoms. The third-order valence-electron chi connectivity index (χ3n) is 5.13. The standard InChI is InChI=1S/C18H28N2O/c21-13-12-20(16-7-2-1-3-8-16)18-10-11-19-14-15-6-4-5-9-17(15)18/h4-6,9,16,18-19,21H,1-3,7-8,10-14H2. The number of aliphatic hydroxyl groups is 1. The van der Waals surface area contributed by atoms with Crippen LogP contribution in [0.15, 0.2) is 24.3 Å². The highest BCUT2D eigenvalue weighted by Crippen LogP contribution is 2.34. The molecular weight excluding hydrogens is 260 g/mol. The number of hydrogen-bond acceptors (Lipinski definition) is 3. The van der Waals surface area contributed by atoms with Gasteiger partial charge in [0.15, 0.2) is 0 Å². The van der Waals surface area contributed by atoms with Crippen molar-refractivity contribution >= 4 is 0 Å². The molecule has 0 radical (unpaired) electrons. The minimum Gasteiger partial charge on any atom is -0.395 e. The zero-order valence-corrected chi connectivity index (χ0v) is 12.9.